The van der Waals surface area contributed by atoms with E-state index in [0.717, 1.165) is 19.5 Å². The first-order valence-electron chi connectivity index (χ1n) is 6.30. The SMILES string of the molecule is CC(C)(C)OC(=O)NCC1CCNCC1CN. The van der Waals surface area contributed by atoms with E-state index in [1.54, 1.807) is 0 Å². The number of carbonyl (C=O) groups is 1. The molecule has 1 aliphatic rings. The normalized spacial score (nSPS) is 25.4. The van der Waals surface area contributed by atoms with Gasteiger partial charge in [0.15, 0.2) is 0 Å². The van der Waals surface area contributed by atoms with Crippen molar-refractivity contribution >= 4 is 6.09 Å². The summed E-state index contributed by atoms with van der Waals surface area (Å²) in [4.78, 5) is 11.5. The molecule has 0 aromatic rings. The van der Waals surface area contributed by atoms with Crippen LogP contribution < -0.4 is 16.4 Å². The maximum Gasteiger partial charge on any atom is 0.407 e. The summed E-state index contributed by atoms with van der Waals surface area (Å²) in [5.41, 5.74) is 5.28. The topological polar surface area (TPSA) is 76.4 Å². The maximum absolute atomic E-state index is 11.5. The van der Waals surface area contributed by atoms with Gasteiger partial charge in [0.2, 0.25) is 0 Å². The Hall–Kier alpha value is -0.810. The third-order valence-electron chi connectivity index (χ3n) is 2.98. The second kappa shape index (κ2) is 6.21. The zero-order valence-corrected chi connectivity index (χ0v) is 11.1. The number of nitrogens with two attached hydrogens (primary N) is 1. The minimum absolute atomic E-state index is 0.341. The van der Waals surface area contributed by atoms with Crippen molar-refractivity contribution in [2.24, 2.45) is 17.6 Å². The Kier molecular flexibility index (Phi) is 5.21. The molecule has 4 N–H and O–H groups in total. The van der Waals surface area contributed by atoms with E-state index in [1.807, 2.05) is 20.8 Å². The van der Waals surface area contributed by atoms with Crippen molar-refractivity contribution in [3.05, 3.63) is 0 Å². The van der Waals surface area contributed by atoms with E-state index in [1.165, 1.54) is 0 Å². The molecule has 5 nitrogen and oxygen atoms in total. The Morgan fingerprint density at radius 1 is 1.47 bits per heavy atom. The number of carbonyl (C=O) groups excluding carboxylic acids is 1. The summed E-state index contributed by atoms with van der Waals surface area (Å²) in [6, 6.07) is 0. The lowest BCUT2D eigenvalue weighted by Crippen LogP contribution is -2.45. The van der Waals surface area contributed by atoms with Crippen molar-refractivity contribution in [2.45, 2.75) is 32.8 Å². The predicted molar refractivity (Wildman–Crippen MR) is 67.8 cm³/mol. The number of alkyl carbamates (subject to hydrolysis) is 1. The van der Waals surface area contributed by atoms with Gasteiger partial charge in [0.05, 0.1) is 0 Å². The molecule has 17 heavy (non-hydrogen) atoms. The number of amides is 1. The summed E-state index contributed by atoms with van der Waals surface area (Å²) < 4.78 is 5.20. The molecule has 1 aliphatic heterocycles. The summed E-state index contributed by atoms with van der Waals surface area (Å²) in [5.74, 6) is 0.896. The van der Waals surface area contributed by atoms with Gasteiger partial charge in [-0.3, -0.25) is 0 Å². The highest BCUT2D eigenvalue weighted by atomic mass is 16.6. The summed E-state index contributed by atoms with van der Waals surface area (Å²) in [7, 11) is 0. The smallest absolute Gasteiger partial charge is 0.407 e. The maximum atomic E-state index is 11.5. The van der Waals surface area contributed by atoms with Crippen LogP contribution in [-0.4, -0.2) is 37.9 Å². The van der Waals surface area contributed by atoms with Crippen LogP contribution in [0.4, 0.5) is 4.79 Å². The van der Waals surface area contributed by atoms with Gasteiger partial charge in [-0.15, -0.1) is 0 Å². The van der Waals surface area contributed by atoms with Crippen LogP contribution >= 0.6 is 0 Å². The van der Waals surface area contributed by atoms with E-state index in [2.05, 4.69) is 10.6 Å². The highest BCUT2D eigenvalue weighted by molar-refractivity contribution is 5.67. The summed E-state index contributed by atoms with van der Waals surface area (Å²) in [6.07, 6.45) is 0.712. The van der Waals surface area contributed by atoms with Crippen molar-refractivity contribution in [1.29, 1.82) is 0 Å². The van der Waals surface area contributed by atoms with Crippen LogP contribution in [0.15, 0.2) is 0 Å². The predicted octanol–water partition coefficient (Wildman–Crippen LogP) is 0.696. The Morgan fingerprint density at radius 2 is 2.18 bits per heavy atom. The molecular formula is C12H25N3O2. The Morgan fingerprint density at radius 3 is 2.76 bits per heavy atom. The second-order valence-corrected chi connectivity index (χ2v) is 5.63. The van der Waals surface area contributed by atoms with Crippen LogP contribution in [0.2, 0.25) is 0 Å². The third-order valence-corrected chi connectivity index (χ3v) is 2.98. The molecule has 100 valence electrons. The lowest BCUT2D eigenvalue weighted by atomic mass is 9.86. The number of piperidine rings is 1. The average Bonchev–Trinajstić information content (AvgIpc) is 2.24. The fraction of sp³-hybridized carbons (Fsp3) is 0.917. The first kappa shape index (κ1) is 14.3. The molecule has 1 fully saturated rings. The number of hydrogen-bond donors (Lipinski definition) is 3. The lowest BCUT2D eigenvalue weighted by Gasteiger charge is -2.31. The van der Waals surface area contributed by atoms with Crippen LogP contribution in [0, 0.1) is 11.8 Å². The molecule has 0 spiro atoms. The van der Waals surface area contributed by atoms with Gasteiger partial charge in [-0.25, -0.2) is 4.79 Å². The minimum Gasteiger partial charge on any atom is -0.444 e. The molecule has 2 atom stereocenters. The average molecular weight is 243 g/mol. The van der Waals surface area contributed by atoms with Crippen molar-refractivity contribution in [1.82, 2.24) is 10.6 Å². The van der Waals surface area contributed by atoms with Crippen LogP contribution in [-0.2, 0) is 4.74 Å². The molecule has 1 saturated heterocycles. The Balaban J connectivity index is 2.31. The highest BCUT2D eigenvalue weighted by Gasteiger charge is 2.25. The summed E-state index contributed by atoms with van der Waals surface area (Å²) in [5, 5.41) is 6.15. The molecule has 1 amide bonds. The zero-order valence-electron chi connectivity index (χ0n) is 11.1. The van der Waals surface area contributed by atoms with Gasteiger partial charge in [0, 0.05) is 6.54 Å². The summed E-state index contributed by atoms with van der Waals surface area (Å²) in [6.45, 7) is 8.83. The van der Waals surface area contributed by atoms with E-state index in [4.69, 9.17) is 10.5 Å². The molecule has 0 aromatic carbocycles. The molecular weight excluding hydrogens is 218 g/mol. The van der Waals surface area contributed by atoms with E-state index in [9.17, 15) is 4.79 Å². The lowest BCUT2D eigenvalue weighted by molar-refractivity contribution is 0.0509. The number of rotatable bonds is 3. The molecule has 0 saturated carbocycles. The van der Waals surface area contributed by atoms with Gasteiger partial charge >= 0.3 is 6.09 Å². The van der Waals surface area contributed by atoms with E-state index >= 15 is 0 Å². The van der Waals surface area contributed by atoms with Crippen molar-refractivity contribution < 1.29 is 9.53 Å². The van der Waals surface area contributed by atoms with Gasteiger partial charge in [0.1, 0.15) is 5.60 Å². The zero-order chi connectivity index (χ0) is 12.9. The fourth-order valence-corrected chi connectivity index (χ4v) is 2.05. The van der Waals surface area contributed by atoms with Gasteiger partial charge in [-0.2, -0.15) is 0 Å². The minimum atomic E-state index is -0.439. The van der Waals surface area contributed by atoms with Gasteiger partial charge in [-0.1, -0.05) is 0 Å². The van der Waals surface area contributed by atoms with Crippen LogP contribution in [0.3, 0.4) is 0 Å². The van der Waals surface area contributed by atoms with Crippen molar-refractivity contribution in [2.75, 3.05) is 26.2 Å². The van der Waals surface area contributed by atoms with E-state index in [-0.39, 0.29) is 6.09 Å². The Bertz CT molecular complexity index is 251. The van der Waals surface area contributed by atoms with Crippen molar-refractivity contribution in [3.63, 3.8) is 0 Å². The molecule has 1 rings (SSSR count). The first-order chi connectivity index (χ1) is 7.92. The number of hydrogen-bond acceptors (Lipinski definition) is 4. The highest BCUT2D eigenvalue weighted by Crippen LogP contribution is 2.17. The molecule has 0 aromatic heterocycles. The molecule has 0 aliphatic carbocycles. The van der Waals surface area contributed by atoms with Crippen LogP contribution in [0.1, 0.15) is 27.2 Å². The largest absolute Gasteiger partial charge is 0.444 e. The summed E-state index contributed by atoms with van der Waals surface area (Å²) >= 11 is 0. The van der Waals surface area contributed by atoms with Crippen LogP contribution in [0.5, 0.6) is 0 Å². The van der Waals surface area contributed by atoms with Crippen molar-refractivity contribution in [3.8, 4) is 0 Å². The quantitative estimate of drug-likeness (QED) is 0.682. The molecule has 0 bridgehead atoms. The monoisotopic (exact) mass is 243 g/mol. The van der Waals surface area contributed by atoms with Gasteiger partial charge in [-0.05, 0) is 58.7 Å². The molecule has 2 unspecified atom stereocenters. The van der Waals surface area contributed by atoms with Crippen LogP contribution in [0.25, 0.3) is 0 Å². The Labute approximate surface area is 103 Å². The van der Waals surface area contributed by atoms with E-state index < -0.39 is 5.60 Å². The van der Waals surface area contributed by atoms with E-state index in [0.29, 0.717) is 24.9 Å². The standard InChI is InChI=1S/C12H25N3O2/c1-12(2,3)17-11(16)15-8-9-4-5-14-7-10(9)6-13/h9-10,14H,4-8,13H2,1-3H3,(H,15,16). The second-order valence-electron chi connectivity index (χ2n) is 5.63. The molecule has 5 heteroatoms. The molecule has 0 radical (unpaired) electrons. The molecule has 1 heterocycles. The fourth-order valence-electron chi connectivity index (χ4n) is 2.05. The van der Waals surface area contributed by atoms with Gasteiger partial charge in [0.25, 0.3) is 0 Å². The first-order valence-corrected chi connectivity index (χ1v) is 6.30. The van der Waals surface area contributed by atoms with Gasteiger partial charge < -0.3 is 21.1 Å². The number of ether oxygens (including phenoxy) is 1. The third kappa shape index (κ3) is 5.37. The number of nitrogens with one attached hydrogen (secondary N) is 2.